The van der Waals surface area contributed by atoms with E-state index in [9.17, 15) is 0 Å². The van der Waals surface area contributed by atoms with Crippen LogP contribution in [0.4, 0.5) is 0 Å². The van der Waals surface area contributed by atoms with E-state index >= 15 is 0 Å². The van der Waals surface area contributed by atoms with Gasteiger partial charge in [-0.3, -0.25) is 0 Å². The van der Waals surface area contributed by atoms with E-state index in [1.54, 1.807) is 7.11 Å². The topological polar surface area (TPSA) is 9.23 Å². The normalized spacial score (nSPS) is 21.0. The molecule has 0 radical (unpaired) electrons. The standard InChI is InChI=1S/C10H11BrO/c1-12-10-6-5-7-8(10)3-2-4-9(7)11/h2-4,10H,5-6H2,1H3/t10-/m1/s1. The minimum absolute atomic E-state index is 0.317. The van der Waals surface area contributed by atoms with Crippen molar-refractivity contribution in [2.24, 2.45) is 0 Å². The maximum atomic E-state index is 5.37. The second-order valence-corrected chi connectivity index (χ2v) is 3.92. The highest BCUT2D eigenvalue weighted by atomic mass is 79.9. The summed E-state index contributed by atoms with van der Waals surface area (Å²) in [4.78, 5) is 0. The molecule has 0 spiro atoms. The van der Waals surface area contributed by atoms with Gasteiger partial charge in [0.25, 0.3) is 0 Å². The van der Waals surface area contributed by atoms with Crippen molar-refractivity contribution >= 4 is 15.9 Å². The Hall–Kier alpha value is -0.340. The molecule has 0 aliphatic heterocycles. The largest absolute Gasteiger partial charge is 0.377 e. The van der Waals surface area contributed by atoms with E-state index in [-0.39, 0.29) is 0 Å². The molecular weight excluding hydrogens is 216 g/mol. The predicted molar refractivity (Wildman–Crippen MR) is 52.2 cm³/mol. The highest BCUT2D eigenvalue weighted by Gasteiger charge is 2.22. The van der Waals surface area contributed by atoms with E-state index in [1.807, 2.05) is 0 Å². The Bertz CT molecular complexity index is 296. The molecule has 0 bridgehead atoms. The van der Waals surface area contributed by atoms with Gasteiger partial charge in [-0.1, -0.05) is 28.1 Å². The van der Waals surface area contributed by atoms with Crippen LogP contribution in [0.3, 0.4) is 0 Å². The maximum absolute atomic E-state index is 5.37. The SMILES string of the molecule is CO[C@@H]1CCc2c(Br)cccc21. The summed E-state index contributed by atoms with van der Waals surface area (Å²) < 4.78 is 6.59. The molecule has 1 aromatic carbocycles. The highest BCUT2D eigenvalue weighted by Crippen LogP contribution is 2.37. The molecule has 12 heavy (non-hydrogen) atoms. The first-order valence-electron chi connectivity index (χ1n) is 4.13. The van der Waals surface area contributed by atoms with Crippen LogP contribution in [0.15, 0.2) is 22.7 Å². The summed E-state index contributed by atoms with van der Waals surface area (Å²) >= 11 is 3.55. The van der Waals surface area contributed by atoms with Gasteiger partial charge in [0.1, 0.15) is 0 Å². The first-order chi connectivity index (χ1) is 5.83. The van der Waals surface area contributed by atoms with Gasteiger partial charge in [0.05, 0.1) is 6.10 Å². The van der Waals surface area contributed by atoms with Crippen molar-refractivity contribution in [3.8, 4) is 0 Å². The van der Waals surface area contributed by atoms with Gasteiger partial charge in [-0.15, -0.1) is 0 Å². The molecule has 1 aromatic rings. The first kappa shape index (κ1) is 8.27. The molecule has 0 saturated heterocycles. The summed E-state index contributed by atoms with van der Waals surface area (Å²) in [7, 11) is 1.78. The first-order valence-corrected chi connectivity index (χ1v) is 4.92. The fourth-order valence-electron chi connectivity index (χ4n) is 1.82. The van der Waals surface area contributed by atoms with Crippen molar-refractivity contribution in [3.05, 3.63) is 33.8 Å². The van der Waals surface area contributed by atoms with Crippen molar-refractivity contribution in [1.82, 2.24) is 0 Å². The van der Waals surface area contributed by atoms with Crippen molar-refractivity contribution < 1.29 is 4.74 Å². The molecule has 1 aliphatic carbocycles. The van der Waals surface area contributed by atoms with Crippen LogP contribution in [0, 0.1) is 0 Å². The zero-order chi connectivity index (χ0) is 8.55. The molecule has 0 unspecified atom stereocenters. The van der Waals surface area contributed by atoms with Gasteiger partial charge >= 0.3 is 0 Å². The van der Waals surface area contributed by atoms with Crippen LogP contribution in [0.1, 0.15) is 23.7 Å². The lowest BCUT2D eigenvalue weighted by molar-refractivity contribution is 0.105. The van der Waals surface area contributed by atoms with Gasteiger partial charge in [-0.05, 0) is 30.0 Å². The highest BCUT2D eigenvalue weighted by molar-refractivity contribution is 9.10. The molecule has 0 fully saturated rings. The average Bonchev–Trinajstić information content (AvgIpc) is 2.49. The van der Waals surface area contributed by atoms with E-state index in [1.165, 1.54) is 15.6 Å². The van der Waals surface area contributed by atoms with E-state index in [4.69, 9.17) is 4.74 Å². The van der Waals surface area contributed by atoms with Crippen molar-refractivity contribution in [2.75, 3.05) is 7.11 Å². The third-order valence-electron chi connectivity index (χ3n) is 2.44. The van der Waals surface area contributed by atoms with Crippen molar-refractivity contribution in [3.63, 3.8) is 0 Å². The summed E-state index contributed by atoms with van der Waals surface area (Å²) in [6.45, 7) is 0. The van der Waals surface area contributed by atoms with Crippen LogP contribution >= 0.6 is 15.9 Å². The molecule has 1 atom stereocenters. The van der Waals surface area contributed by atoms with Crippen LogP contribution in [-0.2, 0) is 11.2 Å². The maximum Gasteiger partial charge on any atom is 0.0827 e. The van der Waals surface area contributed by atoms with Gasteiger partial charge in [0.15, 0.2) is 0 Å². The molecule has 0 heterocycles. The van der Waals surface area contributed by atoms with Crippen LogP contribution in [0.5, 0.6) is 0 Å². The molecule has 2 heteroatoms. The average molecular weight is 227 g/mol. The molecule has 0 saturated carbocycles. The monoisotopic (exact) mass is 226 g/mol. The number of halogens is 1. The lowest BCUT2D eigenvalue weighted by atomic mass is 10.1. The lowest BCUT2D eigenvalue weighted by Crippen LogP contribution is -1.94. The van der Waals surface area contributed by atoms with Crippen LogP contribution in [-0.4, -0.2) is 7.11 Å². The third-order valence-corrected chi connectivity index (χ3v) is 3.19. The number of hydrogen-bond donors (Lipinski definition) is 0. The number of rotatable bonds is 1. The number of methoxy groups -OCH3 is 1. The van der Waals surface area contributed by atoms with Crippen molar-refractivity contribution in [1.29, 1.82) is 0 Å². The van der Waals surface area contributed by atoms with Crippen molar-refractivity contribution in [2.45, 2.75) is 18.9 Å². The quantitative estimate of drug-likeness (QED) is 0.716. The molecule has 0 N–H and O–H groups in total. The Balaban J connectivity index is 2.46. The Morgan fingerprint density at radius 3 is 3.08 bits per heavy atom. The Morgan fingerprint density at radius 2 is 2.33 bits per heavy atom. The summed E-state index contributed by atoms with van der Waals surface area (Å²) in [5.41, 5.74) is 2.77. The second kappa shape index (κ2) is 3.19. The van der Waals surface area contributed by atoms with E-state index in [0.717, 1.165) is 12.8 Å². The summed E-state index contributed by atoms with van der Waals surface area (Å²) in [5.74, 6) is 0. The summed E-state index contributed by atoms with van der Waals surface area (Å²) in [6, 6.07) is 6.32. The second-order valence-electron chi connectivity index (χ2n) is 3.07. The van der Waals surface area contributed by atoms with Crippen LogP contribution in [0.2, 0.25) is 0 Å². The van der Waals surface area contributed by atoms with Gasteiger partial charge in [-0.2, -0.15) is 0 Å². The number of hydrogen-bond acceptors (Lipinski definition) is 1. The van der Waals surface area contributed by atoms with E-state index < -0.39 is 0 Å². The minimum Gasteiger partial charge on any atom is -0.377 e. The minimum atomic E-state index is 0.317. The zero-order valence-electron chi connectivity index (χ0n) is 7.01. The molecule has 1 aliphatic rings. The fourth-order valence-corrected chi connectivity index (χ4v) is 2.40. The van der Waals surface area contributed by atoms with Gasteiger partial charge in [-0.25, -0.2) is 0 Å². The molecule has 64 valence electrons. The van der Waals surface area contributed by atoms with E-state index in [0.29, 0.717) is 6.10 Å². The van der Waals surface area contributed by atoms with Gasteiger partial charge in [0.2, 0.25) is 0 Å². The molecule has 2 rings (SSSR count). The number of ether oxygens (including phenoxy) is 1. The van der Waals surface area contributed by atoms with Gasteiger partial charge in [0, 0.05) is 11.6 Å². The Labute approximate surface area is 80.9 Å². The number of benzene rings is 1. The van der Waals surface area contributed by atoms with E-state index in [2.05, 4.69) is 34.1 Å². The fraction of sp³-hybridized carbons (Fsp3) is 0.400. The summed E-state index contributed by atoms with van der Waals surface area (Å²) in [6.07, 6.45) is 2.57. The predicted octanol–water partition coefficient (Wildman–Crippen LogP) is 3.08. The zero-order valence-corrected chi connectivity index (χ0v) is 8.60. The number of fused-ring (bicyclic) bond motifs is 1. The molecular formula is C10H11BrO. The third kappa shape index (κ3) is 1.19. The molecule has 1 nitrogen and oxygen atoms in total. The lowest BCUT2D eigenvalue weighted by Gasteiger charge is -2.08. The Kier molecular flexibility index (Phi) is 2.20. The smallest absolute Gasteiger partial charge is 0.0827 e. The van der Waals surface area contributed by atoms with Crippen LogP contribution in [0.25, 0.3) is 0 Å². The van der Waals surface area contributed by atoms with Crippen LogP contribution < -0.4 is 0 Å². The Morgan fingerprint density at radius 1 is 1.50 bits per heavy atom. The molecule has 0 amide bonds. The van der Waals surface area contributed by atoms with Gasteiger partial charge < -0.3 is 4.74 Å². The molecule has 0 aromatic heterocycles. The summed E-state index contributed by atoms with van der Waals surface area (Å²) in [5, 5.41) is 0.